The van der Waals surface area contributed by atoms with E-state index in [1.807, 2.05) is 14.1 Å². The van der Waals surface area contributed by atoms with Crippen LogP contribution in [-0.4, -0.2) is 87.3 Å². The first-order chi connectivity index (χ1) is 12.1. The van der Waals surface area contributed by atoms with Crippen molar-refractivity contribution in [3.63, 3.8) is 0 Å². The number of rotatable bonds is 6. The van der Waals surface area contributed by atoms with Gasteiger partial charge in [-0.25, -0.2) is 0 Å². The molecule has 0 radical (unpaired) electrons. The van der Waals surface area contributed by atoms with Crippen molar-refractivity contribution < 1.29 is 9.53 Å². The zero-order valence-corrected chi connectivity index (χ0v) is 17.2. The SMILES string of the molecule is CN(C)C(=O)CCN1CCC(NC2CCCC2C2COCCN2)CC1.Cl. The average Bonchev–Trinajstić information content (AvgIpc) is 3.09. The van der Waals surface area contributed by atoms with Crippen molar-refractivity contribution in [3.05, 3.63) is 0 Å². The van der Waals surface area contributed by atoms with Crippen molar-refractivity contribution in [1.82, 2.24) is 20.4 Å². The van der Waals surface area contributed by atoms with Crippen molar-refractivity contribution in [2.45, 2.75) is 56.7 Å². The number of ether oxygens (including phenoxy) is 1. The molecule has 3 unspecified atom stereocenters. The second-order valence-electron chi connectivity index (χ2n) is 8.16. The minimum Gasteiger partial charge on any atom is -0.379 e. The lowest BCUT2D eigenvalue weighted by Gasteiger charge is -2.37. The number of carbonyl (C=O) groups excluding carboxylic acids is 1. The highest BCUT2D eigenvalue weighted by Crippen LogP contribution is 2.30. The van der Waals surface area contributed by atoms with Crippen molar-refractivity contribution in [3.8, 4) is 0 Å². The molecule has 3 atom stereocenters. The summed E-state index contributed by atoms with van der Waals surface area (Å²) in [5.74, 6) is 0.951. The van der Waals surface area contributed by atoms with Crippen LogP contribution in [0.3, 0.4) is 0 Å². The summed E-state index contributed by atoms with van der Waals surface area (Å²) in [6.45, 7) is 5.86. The molecule has 7 heteroatoms. The smallest absolute Gasteiger partial charge is 0.223 e. The van der Waals surface area contributed by atoms with Gasteiger partial charge in [-0.05, 0) is 44.7 Å². The van der Waals surface area contributed by atoms with E-state index in [2.05, 4.69) is 15.5 Å². The summed E-state index contributed by atoms with van der Waals surface area (Å²) >= 11 is 0. The quantitative estimate of drug-likeness (QED) is 0.713. The molecule has 0 spiro atoms. The van der Waals surface area contributed by atoms with Crippen LogP contribution in [0.1, 0.15) is 38.5 Å². The summed E-state index contributed by atoms with van der Waals surface area (Å²) in [5.41, 5.74) is 0. The summed E-state index contributed by atoms with van der Waals surface area (Å²) in [6.07, 6.45) is 7.02. The lowest BCUT2D eigenvalue weighted by Crippen LogP contribution is -2.53. The number of morpholine rings is 1. The Bertz CT molecular complexity index is 424. The lowest BCUT2D eigenvalue weighted by atomic mass is 9.92. The molecule has 3 rings (SSSR count). The standard InChI is InChI=1S/C19H36N4O2.ClH/c1-22(2)19(24)8-12-23-10-6-15(7-11-23)21-17-5-3-4-16(17)18-14-25-13-9-20-18;/h15-18,20-21H,3-14H2,1-2H3;1H. The van der Waals surface area contributed by atoms with Gasteiger partial charge in [0.15, 0.2) is 0 Å². The van der Waals surface area contributed by atoms with Gasteiger partial charge in [0.05, 0.1) is 13.2 Å². The molecule has 2 N–H and O–H groups in total. The third kappa shape index (κ3) is 6.06. The van der Waals surface area contributed by atoms with Crippen LogP contribution < -0.4 is 10.6 Å². The molecule has 1 aliphatic carbocycles. The number of nitrogens with one attached hydrogen (secondary N) is 2. The van der Waals surface area contributed by atoms with E-state index >= 15 is 0 Å². The summed E-state index contributed by atoms with van der Waals surface area (Å²) in [5, 5.41) is 7.63. The van der Waals surface area contributed by atoms with Crippen LogP contribution >= 0.6 is 12.4 Å². The Morgan fingerprint density at radius 3 is 2.65 bits per heavy atom. The third-order valence-electron chi connectivity index (χ3n) is 6.21. The molecule has 0 bridgehead atoms. The van der Waals surface area contributed by atoms with Gasteiger partial charge in [0.2, 0.25) is 5.91 Å². The van der Waals surface area contributed by atoms with E-state index in [9.17, 15) is 4.79 Å². The van der Waals surface area contributed by atoms with Crippen LogP contribution in [-0.2, 0) is 9.53 Å². The highest BCUT2D eigenvalue weighted by atomic mass is 35.5. The minimum absolute atomic E-state index is 0. The number of carbonyl (C=O) groups is 1. The second kappa shape index (κ2) is 10.8. The molecular weight excluding hydrogens is 352 g/mol. The fourth-order valence-electron chi connectivity index (χ4n) is 4.64. The zero-order chi connectivity index (χ0) is 17.6. The Morgan fingerprint density at radius 1 is 1.23 bits per heavy atom. The molecule has 152 valence electrons. The van der Waals surface area contributed by atoms with Gasteiger partial charge in [-0.3, -0.25) is 4.79 Å². The first-order valence-electron chi connectivity index (χ1n) is 10.1. The molecule has 1 amide bonds. The number of amides is 1. The monoisotopic (exact) mass is 388 g/mol. The Morgan fingerprint density at radius 2 is 2.00 bits per heavy atom. The van der Waals surface area contributed by atoms with E-state index in [4.69, 9.17) is 4.74 Å². The third-order valence-corrected chi connectivity index (χ3v) is 6.21. The molecule has 2 saturated heterocycles. The Balaban J connectivity index is 0.00000243. The van der Waals surface area contributed by atoms with Crippen LogP contribution in [0.5, 0.6) is 0 Å². The van der Waals surface area contributed by atoms with Crippen LogP contribution in [0.4, 0.5) is 0 Å². The molecule has 1 saturated carbocycles. The largest absolute Gasteiger partial charge is 0.379 e. The highest BCUT2D eigenvalue weighted by Gasteiger charge is 2.36. The number of likely N-dealkylation sites (tertiary alicyclic amines) is 1. The van der Waals surface area contributed by atoms with Crippen molar-refractivity contribution in [2.75, 3.05) is 53.5 Å². The van der Waals surface area contributed by atoms with Gasteiger partial charge in [-0.1, -0.05) is 6.42 Å². The molecule has 2 heterocycles. The first kappa shape index (κ1) is 21.9. The zero-order valence-electron chi connectivity index (χ0n) is 16.4. The Kier molecular flexibility index (Phi) is 9.10. The van der Waals surface area contributed by atoms with Gasteiger partial charge in [-0.15, -0.1) is 12.4 Å². The molecule has 26 heavy (non-hydrogen) atoms. The molecule has 2 aliphatic heterocycles. The predicted molar refractivity (Wildman–Crippen MR) is 107 cm³/mol. The van der Waals surface area contributed by atoms with Crippen LogP contribution in [0.25, 0.3) is 0 Å². The molecule has 0 aromatic carbocycles. The molecule has 0 aromatic heterocycles. The molecule has 6 nitrogen and oxygen atoms in total. The lowest BCUT2D eigenvalue weighted by molar-refractivity contribution is -0.129. The van der Waals surface area contributed by atoms with Crippen LogP contribution in [0.15, 0.2) is 0 Å². The summed E-state index contributed by atoms with van der Waals surface area (Å²) < 4.78 is 5.68. The average molecular weight is 389 g/mol. The summed E-state index contributed by atoms with van der Waals surface area (Å²) in [4.78, 5) is 15.9. The Labute approximate surface area is 164 Å². The van der Waals surface area contributed by atoms with Gasteiger partial charge >= 0.3 is 0 Å². The number of hydrogen-bond acceptors (Lipinski definition) is 5. The van der Waals surface area contributed by atoms with Crippen molar-refractivity contribution in [2.24, 2.45) is 5.92 Å². The van der Waals surface area contributed by atoms with E-state index < -0.39 is 0 Å². The maximum atomic E-state index is 11.7. The summed E-state index contributed by atoms with van der Waals surface area (Å²) in [7, 11) is 3.67. The number of hydrogen-bond donors (Lipinski definition) is 2. The van der Waals surface area contributed by atoms with Gasteiger partial charge in [0.25, 0.3) is 0 Å². The Hall–Kier alpha value is -0.400. The maximum absolute atomic E-state index is 11.7. The minimum atomic E-state index is 0. The van der Waals surface area contributed by atoms with Crippen molar-refractivity contribution >= 4 is 18.3 Å². The molecule has 0 aromatic rings. The first-order valence-corrected chi connectivity index (χ1v) is 10.1. The van der Waals surface area contributed by atoms with E-state index in [0.717, 1.165) is 45.3 Å². The van der Waals surface area contributed by atoms with E-state index in [1.54, 1.807) is 4.90 Å². The van der Waals surface area contributed by atoms with Crippen molar-refractivity contribution in [1.29, 1.82) is 0 Å². The van der Waals surface area contributed by atoms with E-state index in [-0.39, 0.29) is 18.3 Å². The van der Waals surface area contributed by atoms with Gasteiger partial charge in [-0.2, -0.15) is 0 Å². The number of nitrogens with zero attached hydrogens (tertiary/aromatic N) is 2. The fraction of sp³-hybridized carbons (Fsp3) is 0.947. The van der Waals surface area contributed by atoms with E-state index in [0.29, 0.717) is 24.5 Å². The normalized spacial score (nSPS) is 30.8. The van der Waals surface area contributed by atoms with Crippen LogP contribution in [0.2, 0.25) is 0 Å². The predicted octanol–water partition coefficient (Wildman–Crippen LogP) is 1.10. The molecule has 3 aliphatic rings. The van der Waals surface area contributed by atoms with Crippen LogP contribution in [0, 0.1) is 5.92 Å². The number of piperidine rings is 1. The fourth-order valence-corrected chi connectivity index (χ4v) is 4.64. The second-order valence-corrected chi connectivity index (χ2v) is 8.16. The topological polar surface area (TPSA) is 56.8 Å². The van der Waals surface area contributed by atoms with Gasteiger partial charge in [0, 0.05) is 51.7 Å². The maximum Gasteiger partial charge on any atom is 0.223 e. The van der Waals surface area contributed by atoms with E-state index in [1.165, 1.54) is 32.1 Å². The summed E-state index contributed by atoms with van der Waals surface area (Å²) in [6, 6.07) is 1.81. The molecule has 3 fully saturated rings. The molecular formula is C19H37ClN4O2. The van der Waals surface area contributed by atoms with Gasteiger partial charge < -0.3 is 25.2 Å². The highest BCUT2D eigenvalue weighted by molar-refractivity contribution is 5.85. The number of halogens is 1. The van der Waals surface area contributed by atoms with Gasteiger partial charge in [0.1, 0.15) is 0 Å².